The maximum absolute atomic E-state index is 13.2. The van der Waals surface area contributed by atoms with E-state index >= 15 is 0 Å². The Hall–Kier alpha value is -2.27. The normalized spacial score (nSPS) is 15.2. The fraction of sp³-hybridized carbons (Fsp3) is 0.481. The van der Waals surface area contributed by atoms with Gasteiger partial charge in [-0.25, -0.2) is 0 Å². The standard InChI is InChI=1S/C27H36N2O2S/c1-21-10-9-13-24(18-21)19-32-20-26(30)29(17-16-23-11-5-3-6-12-23)22(2)27(31)28-25-14-7-4-8-15-25/h3,5-6,9-13,18,22,25H,4,7-8,14-17,19-20H2,1-2H3,(H,28,31)/t22-/m1/s1. The second-order valence-electron chi connectivity index (χ2n) is 8.82. The summed E-state index contributed by atoms with van der Waals surface area (Å²) in [4.78, 5) is 27.9. The van der Waals surface area contributed by atoms with E-state index in [0.717, 1.165) is 25.0 Å². The van der Waals surface area contributed by atoms with Crippen LogP contribution in [0.2, 0.25) is 0 Å². The first-order chi connectivity index (χ1) is 15.5. The van der Waals surface area contributed by atoms with Crippen LogP contribution >= 0.6 is 11.8 Å². The summed E-state index contributed by atoms with van der Waals surface area (Å²) in [6.07, 6.45) is 6.43. The van der Waals surface area contributed by atoms with Gasteiger partial charge in [-0.1, -0.05) is 79.4 Å². The van der Waals surface area contributed by atoms with Crippen molar-refractivity contribution in [3.05, 3.63) is 71.3 Å². The molecule has 3 rings (SSSR count). The minimum Gasteiger partial charge on any atom is -0.352 e. The SMILES string of the molecule is Cc1cccc(CSCC(=O)N(CCc2ccccc2)[C@H](C)C(=O)NC2CCCCC2)c1. The van der Waals surface area contributed by atoms with Gasteiger partial charge in [0.1, 0.15) is 6.04 Å². The van der Waals surface area contributed by atoms with Gasteiger partial charge in [-0.05, 0) is 44.2 Å². The molecule has 0 unspecified atom stereocenters. The maximum atomic E-state index is 13.2. The van der Waals surface area contributed by atoms with Crippen molar-refractivity contribution in [3.8, 4) is 0 Å². The van der Waals surface area contributed by atoms with Crippen LogP contribution in [-0.2, 0) is 21.8 Å². The Morgan fingerprint density at radius 1 is 1.03 bits per heavy atom. The second kappa shape index (κ2) is 12.7. The zero-order valence-electron chi connectivity index (χ0n) is 19.4. The Bertz CT molecular complexity index is 865. The van der Waals surface area contributed by atoms with Crippen LogP contribution in [0.1, 0.15) is 55.7 Å². The van der Waals surface area contributed by atoms with E-state index in [1.54, 1.807) is 16.7 Å². The lowest BCUT2D eigenvalue weighted by Gasteiger charge is -2.31. The van der Waals surface area contributed by atoms with E-state index in [9.17, 15) is 9.59 Å². The highest BCUT2D eigenvalue weighted by Crippen LogP contribution is 2.19. The highest BCUT2D eigenvalue weighted by molar-refractivity contribution is 7.99. The first-order valence-corrected chi connectivity index (χ1v) is 13.0. The smallest absolute Gasteiger partial charge is 0.242 e. The fourth-order valence-corrected chi connectivity index (χ4v) is 5.14. The lowest BCUT2D eigenvalue weighted by atomic mass is 9.95. The average molecular weight is 453 g/mol. The Morgan fingerprint density at radius 2 is 1.75 bits per heavy atom. The third kappa shape index (κ3) is 7.70. The predicted octanol–water partition coefficient (Wildman–Crippen LogP) is 5.14. The van der Waals surface area contributed by atoms with Gasteiger partial charge in [0.15, 0.2) is 0 Å². The van der Waals surface area contributed by atoms with Crippen LogP contribution in [0, 0.1) is 6.92 Å². The van der Waals surface area contributed by atoms with Gasteiger partial charge in [-0.3, -0.25) is 9.59 Å². The van der Waals surface area contributed by atoms with E-state index in [-0.39, 0.29) is 17.9 Å². The van der Waals surface area contributed by atoms with E-state index in [4.69, 9.17) is 0 Å². The van der Waals surface area contributed by atoms with Crippen molar-refractivity contribution in [1.29, 1.82) is 0 Å². The van der Waals surface area contributed by atoms with E-state index in [1.807, 2.05) is 25.1 Å². The molecule has 1 saturated carbocycles. The van der Waals surface area contributed by atoms with Crippen LogP contribution in [0.25, 0.3) is 0 Å². The number of rotatable bonds is 10. The minimum atomic E-state index is -0.465. The number of nitrogens with one attached hydrogen (secondary N) is 1. The van der Waals surface area contributed by atoms with Crippen LogP contribution in [0.15, 0.2) is 54.6 Å². The van der Waals surface area contributed by atoms with Crippen LogP contribution in [0.5, 0.6) is 0 Å². The van der Waals surface area contributed by atoms with E-state index < -0.39 is 6.04 Å². The largest absolute Gasteiger partial charge is 0.352 e. The molecule has 172 valence electrons. The summed E-state index contributed by atoms with van der Waals surface area (Å²) < 4.78 is 0. The number of carbonyl (C=O) groups excluding carboxylic acids is 2. The molecule has 1 aliphatic carbocycles. The number of amides is 2. The van der Waals surface area contributed by atoms with E-state index in [0.29, 0.717) is 12.3 Å². The molecule has 2 aromatic rings. The maximum Gasteiger partial charge on any atom is 0.242 e. The van der Waals surface area contributed by atoms with Gasteiger partial charge in [-0.15, -0.1) is 11.8 Å². The van der Waals surface area contributed by atoms with Crippen LogP contribution < -0.4 is 5.32 Å². The predicted molar refractivity (Wildman–Crippen MR) is 134 cm³/mol. The minimum absolute atomic E-state index is 0.0259. The van der Waals surface area contributed by atoms with Crippen LogP contribution in [-0.4, -0.2) is 41.1 Å². The van der Waals surface area contributed by atoms with Crippen molar-refractivity contribution in [2.45, 2.75) is 70.2 Å². The van der Waals surface area contributed by atoms with Gasteiger partial charge in [0.2, 0.25) is 11.8 Å². The topological polar surface area (TPSA) is 49.4 Å². The number of carbonyl (C=O) groups is 2. The summed E-state index contributed by atoms with van der Waals surface area (Å²) in [5, 5.41) is 3.20. The Balaban J connectivity index is 1.60. The van der Waals surface area contributed by atoms with Crippen molar-refractivity contribution >= 4 is 23.6 Å². The summed E-state index contributed by atoms with van der Waals surface area (Å²) in [5.41, 5.74) is 3.63. The van der Waals surface area contributed by atoms with Gasteiger partial charge in [0.05, 0.1) is 5.75 Å². The molecular formula is C27H36N2O2S. The number of aryl methyl sites for hydroxylation is 1. The molecule has 0 bridgehead atoms. The van der Waals surface area contributed by atoms with E-state index in [2.05, 4.69) is 48.6 Å². The summed E-state index contributed by atoms with van der Waals surface area (Å²) >= 11 is 1.62. The second-order valence-corrected chi connectivity index (χ2v) is 9.81. The van der Waals surface area contributed by atoms with Crippen molar-refractivity contribution in [2.75, 3.05) is 12.3 Å². The molecule has 0 aliphatic heterocycles. The molecule has 2 amide bonds. The molecule has 0 saturated heterocycles. The number of benzene rings is 2. The van der Waals surface area contributed by atoms with Gasteiger partial charge in [0.25, 0.3) is 0 Å². The molecular weight excluding hydrogens is 416 g/mol. The van der Waals surface area contributed by atoms with Gasteiger partial charge < -0.3 is 10.2 Å². The van der Waals surface area contributed by atoms with Crippen LogP contribution in [0.3, 0.4) is 0 Å². The fourth-order valence-electron chi connectivity index (χ4n) is 4.28. The zero-order chi connectivity index (χ0) is 22.8. The summed E-state index contributed by atoms with van der Waals surface area (Å²) in [5.74, 6) is 1.18. The lowest BCUT2D eigenvalue weighted by molar-refractivity contribution is -0.138. The Morgan fingerprint density at radius 3 is 2.47 bits per heavy atom. The van der Waals surface area contributed by atoms with Crippen molar-refractivity contribution in [1.82, 2.24) is 10.2 Å². The number of hydrogen-bond acceptors (Lipinski definition) is 3. The van der Waals surface area contributed by atoms with Crippen molar-refractivity contribution in [2.24, 2.45) is 0 Å². The first-order valence-electron chi connectivity index (χ1n) is 11.8. The monoisotopic (exact) mass is 452 g/mol. The molecule has 1 atom stereocenters. The zero-order valence-corrected chi connectivity index (χ0v) is 20.2. The molecule has 0 radical (unpaired) electrons. The third-order valence-electron chi connectivity index (χ3n) is 6.18. The highest BCUT2D eigenvalue weighted by Gasteiger charge is 2.27. The quantitative estimate of drug-likeness (QED) is 0.543. The van der Waals surface area contributed by atoms with Crippen molar-refractivity contribution in [3.63, 3.8) is 0 Å². The molecule has 1 aliphatic rings. The van der Waals surface area contributed by atoms with Crippen LogP contribution in [0.4, 0.5) is 0 Å². The molecule has 32 heavy (non-hydrogen) atoms. The highest BCUT2D eigenvalue weighted by atomic mass is 32.2. The molecule has 0 heterocycles. The number of thioether (sulfide) groups is 1. The molecule has 5 heteroatoms. The first kappa shape index (κ1) is 24.4. The molecule has 1 fully saturated rings. The molecule has 0 aromatic heterocycles. The van der Waals surface area contributed by atoms with E-state index in [1.165, 1.54) is 36.0 Å². The third-order valence-corrected chi connectivity index (χ3v) is 7.17. The molecule has 0 spiro atoms. The summed E-state index contributed by atoms with van der Waals surface area (Å²) in [7, 11) is 0. The lowest BCUT2D eigenvalue weighted by Crippen LogP contribution is -2.51. The average Bonchev–Trinajstić information content (AvgIpc) is 2.80. The number of hydrogen-bond donors (Lipinski definition) is 1. The van der Waals surface area contributed by atoms with Gasteiger partial charge in [-0.2, -0.15) is 0 Å². The number of nitrogens with zero attached hydrogens (tertiary/aromatic N) is 1. The summed E-state index contributed by atoms with van der Waals surface area (Å²) in [6, 6.07) is 18.3. The molecule has 4 nitrogen and oxygen atoms in total. The molecule has 1 N–H and O–H groups in total. The van der Waals surface area contributed by atoms with Crippen molar-refractivity contribution < 1.29 is 9.59 Å². The summed E-state index contributed by atoms with van der Waals surface area (Å²) in [6.45, 7) is 4.50. The Kier molecular flexibility index (Phi) is 9.66. The Labute approximate surface area is 197 Å². The van der Waals surface area contributed by atoms with Gasteiger partial charge in [0, 0.05) is 18.3 Å². The van der Waals surface area contributed by atoms with Gasteiger partial charge >= 0.3 is 0 Å². The molecule has 2 aromatic carbocycles.